The molecule has 2 heterocycles. The lowest BCUT2D eigenvalue weighted by Gasteiger charge is -2.56. The highest BCUT2D eigenvalue weighted by molar-refractivity contribution is 6.31. The van der Waals surface area contributed by atoms with E-state index in [1.54, 1.807) is 13.2 Å². The Kier molecular flexibility index (Phi) is 6.34. The molecule has 0 aromatic heterocycles. The first-order chi connectivity index (χ1) is 14.5. The fourth-order valence-electron chi connectivity index (χ4n) is 4.22. The molecule has 6 nitrogen and oxygen atoms in total. The van der Waals surface area contributed by atoms with Crippen molar-refractivity contribution in [2.45, 2.75) is 43.4 Å². The molecule has 162 valence electrons. The van der Waals surface area contributed by atoms with Crippen molar-refractivity contribution in [2.75, 3.05) is 26.9 Å². The summed E-state index contributed by atoms with van der Waals surface area (Å²) in [5, 5.41) is 21.9. The van der Waals surface area contributed by atoms with E-state index < -0.39 is 30.0 Å². The molecule has 0 spiro atoms. The summed E-state index contributed by atoms with van der Waals surface area (Å²) in [5.41, 5.74) is 2.00. The fourth-order valence-corrected chi connectivity index (χ4v) is 4.41. The lowest BCUT2D eigenvalue weighted by Crippen LogP contribution is -2.73. The summed E-state index contributed by atoms with van der Waals surface area (Å²) in [4.78, 5) is 0. The average Bonchev–Trinajstić information content (AvgIpc) is 2.72. The Morgan fingerprint density at radius 3 is 2.53 bits per heavy atom. The molecule has 2 fully saturated rings. The highest BCUT2D eigenvalue weighted by atomic mass is 35.5. The van der Waals surface area contributed by atoms with Crippen LogP contribution in [0.1, 0.15) is 29.7 Å². The smallest absolute Gasteiger partial charge is 0.144 e. The van der Waals surface area contributed by atoms with E-state index in [0.29, 0.717) is 24.7 Å². The van der Waals surface area contributed by atoms with E-state index in [1.807, 2.05) is 43.3 Å². The van der Waals surface area contributed by atoms with Gasteiger partial charge in [0.1, 0.15) is 35.8 Å². The Labute approximate surface area is 181 Å². The van der Waals surface area contributed by atoms with Crippen LogP contribution < -0.4 is 4.74 Å². The molecule has 2 saturated heterocycles. The van der Waals surface area contributed by atoms with Crippen LogP contribution in [0.15, 0.2) is 42.5 Å². The molecule has 2 aliphatic rings. The zero-order valence-electron chi connectivity index (χ0n) is 17.1. The van der Waals surface area contributed by atoms with Gasteiger partial charge in [-0.15, -0.1) is 0 Å². The van der Waals surface area contributed by atoms with Gasteiger partial charge in [0.05, 0.1) is 19.8 Å². The number of benzene rings is 2. The molecule has 0 bridgehead atoms. The number of aliphatic hydroxyl groups is 2. The van der Waals surface area contributed by atoms with Crippen LogP contribution in [-0.4, -0.2) is 61.1 Å². The molecule has 0 radical (unpaired) electrons. The van der Waals surface area contributed by atoms with Crippen LogP contribution in [0.3, 0.4) is 0 Å². The van der Waals surface area contributed by atoms with Gasteiger partial charge >= 0.3 is 0 Å². The van der Waals surface area contributed by atoms with Crippen molar-refractivity contribution in [1.82, 2.24) is 0 Å². The number of halogens is 1. The van der Waals surface area contributed by atoms with Gasteiger partial charge in [-0.3, -0.25) is 0 Å². The first kappa shape index (κ1) is 21.6. The molecule has 2 aromatic carbocycles. The lowest BCUT2D eigenvalue weighted by molar-refractivity contribution is -0.365. The number of fused-ring (bicyclic) bond motifs is 1. The maximum absolute atomic E-state index is 10.7. The van der Waals surface area contributed by atoms with Crippen LogP contribution in [0.5, 0.6) is 5.75 Å². The summed E-state index contributed by atoms with van der Waals surface area (Å²) in [6.07, 6.45) is -2.84. The SMILES string of the molecule is CCOc1ccc(Cc2cc(C3OC4(COC)COC4C(O)C3O)ccc2Cl)cc1. The van der Waals surface area contributed by atoms with Crippen molar-refractivity contribution in [3.63, 3.8) is 0 Å². The molecule has 5 atom stereocenters. The van der Waals surface area contributed by atoms with E-state index in [0.717, 1.165) is 22.4 Å². The summed E-state index contributed by atoms with van der Waals surface area (Å²) in [6, 6.07) is 13.4. The highest BCUT2D eigenvalue weighted by Crippen LogP contribution is 2.45. The Balaban J connectivity index is 1.57. The molecule has 2 aliphatic heterocycles. The van der Waals surface area contributed by atoms with Gasteiger partial charge in [0, 0.05) is 12.1 Å². The minimum Gasteiger partial charge on any atom is -0.494 e. The maximum Gasteiger partial charge on any atom is 0.144 e. The van der Waals surface area contributed by atoms with E-state index in [9.17, 15) is 10.2 Å². The Morgan fingerprint density at radius 1 is 1.13 bits per heavy atom. The lowest BCUT2D eigenvalue weighted by atomic mass is 9.80. The van der Waals surface area contributed by atoms with Gasteiger partial charge in [0.2, 0.25) is 0 Å². The summed E-state index contributed by atoms with van der Waals surface area (Å²) in [5.74, 6) is 0.828. The van der Waals surface area contributed by atoms with Crippen LogP contribution in [0.2, 0.25) is 5.02 Å². The van der Waals surface area contributed by atoms with Gasteiger partial charge in [0.15, 0.2) is 0 Å². The predicted molar refractivity (Wildman–Crippen MR) is 112 cm³/mol. The number of ether oxygens (including phenoxy) is 4. The van der Waals surface area contributed by atoms with Crippen LogP contribution in [0.4, 0.5) is 0 Å². The molecular weight excluding hydrogens is 408 g/mol. The first-order valence-electron chi connectivity index (χ1n) is 10.1. The molecule has 7 heteroatoms. The standard InChI is InChI=1S/C23H27ClO6/c1-3-28-17-7-4-14(5-8-17)10-16-11-15(6-9-18(16)24)21-19(25)20(26)22-23(30-21,12-27-2)13-29-22/h4-9,11,19-22,25-26H,3,10,12-13H2,1-2H3. The van der Waals surface area contributed by atoms with Crippen LogP contribution in [-0.2, 0) is 20.6 Å². The largest absolute Gasteiger partial charge is 0.494 e. The minimum absolute atomic E-state index is 0.282. The molecule has 0 aliphatic carbocycles. The first-order valence-corrected chi connectivity index (χ1v) is 10.5. The summed E-state index contributed by atoms with van der Waals surface area (Å²) in [7, 11) is 1.58. The Morgan fingerprint density at radius 2 is 1.90 bits per heavy atom. The van der Waals surface area contributed by atoms with Gasteiger partial charge in [-0.05, 0) is 48.2 Å². The summed E-state index contributed by atoms with van der Waals surface area (Å²) >= 11 is 6.45. The second kappa shape index (κ2) is 8.83. The summed E-state index contributed by atoms with van der Waals surface area (Å²) in [6.45, 7) is 3.18. The van der Waals surface area contributed by atoms with E-state index in [4.69, 9.17) is 30.5 Å². The van der Waals surface area contributed by atoms with Crippen molar-refractivity contribution in [3.05, 3.63) is 64.2 Å². The average molecular weight is 435 g/mol. The third-order valence-electron chi connectivity index (χ3n) is 5.77. The maximum atomic E-state index is 10.7. The van der Waals surface area contributed by atoms with Crippen LogP contribution in [0, 0.1) is 0 Å². The number of hydrogen-bond acceptors (Lipinski definition) is 6. The number of methoxy groups -OCH3 is 1. The predicted octanol–water partition coefficient (Wildman–Crippen LogP) is 2.91. The molecule has 0 saturated carbocycles. The molecule has 0 amide bonds. The third-order valence-corrected chi connectivity index (χ3v) is 6.14. The topological polar surface area (TPSA) is 77.4 Å². The van der Waals surface area contributed by atoms with Crippen molar-refractivity contribution >= 4 is 11.6 Å². The van der Waals surface area contributed by atoms with E-state index in [-0.39, 0.29) is 6.61 Å². The zero-order valence-corrected chi connectivity index (χ0v) is 17.8. The van der Waals surface area contributed by atoms with E-state index in [2.05, 4.69) is 0 Å². The van der Waals surface area contributed by atoms with Gasteiger partial charge in [0.25, 0.3) is 0 Å². The van der Waals surface area contributed by atoms with Crippen molar-refractivity contribution < 1.29 is 29.2 Å². The van der Waals surface area contributed by atoms with Gasteiger partial charge in [-0.2, -0.15) is 0 Å². The second-order valence-electron chi connectivity index (χ2n) is 7.85. The van der Waals surface area contributed by atoms with Crippen molar-refractivity contribution in [1.29, 1.82) is 0 Å². The minimum atomic E-state index is -1.11. The van der Waals surface area contributed by atoms with Crippen molar-refractivity contribution in [2.24, 2.45) is 0 Å². The quantitative estimate of drug-likeness (QED) is 0.697. The van der Waals surface area contributed by atoms with Crippen LogP contribution >= 0.6 is 11.6 Å². The van der Waals surface area contributed by atoms with Gasteiger partial charge in [-0.25, -0.2) is 0 Å². The zero-order chi connectivity index (χ0) is 21.3. The molecule has 4 rings (SSSR count). The summed E-state index contributed by atoms with van der Waals surface area (Å²) < 4.78 is 22.5. The highest BCUT2D eigenvalue weighted by Gasteiger charge is 2.61. The third kappa shape index (κ3) is 3.96. The van der Waals surface area contributed by atoms with Crippen molar-refractivity contribution in [3.8, 4) is 5.75 Å². The monoisotopic (exact) mass is 434 g/mol. The van der Waals surface area contributed by atoms with E-state index >= 15 is 0 Å². The molecule has 2 aromatic rings. The van der Waals surface area contributed by atoms with E-state index in [1.165, 1.54) is 0 Å². The second-order valence-corrected chi connectivity index (χ2v) is 8.26. The number of rotatable bonds is 7. The molecule has 30 heavy (non-hydrogen) atoms. The number of aliphatic hydroxyl groups excluding tert-OH is 2. The fraction of sp³-hybridized carbons (Fsp3) is 0.478. The Hall–Kier alpha value is -1.67. The molecular formula is C23H27ClO6. The molecule has 5 unspecified atom stereocenters. The van der Waals surface area contributed by atoms with Gasteiger partial charge < -0.3 is 29.2 Å². The van der Waals surface area contributed by atoms with Crippen LogP contribution in [0.25, 0.3) is 0 Å². The number of hydrogen-bond donors (Lipinski definition) is 2. The normalized spacial score (nSPS) is 30.4. The molecule has 2 N–H and O–H groups in total. The van der Waals surface area contributed by atoms with Gasteiger partial charge in [-0.1, -0.05) is 35.9 Å². The Bertz CT molecular complexity index is 872.